The second-order valence-electron chi connectivity index (χ2n) is 8.27. The Morgan fingerprint density at radius 1 is 1.21 bits per heavy atom. The van der Waals surface area contributed by atoms with Gasteiger partial charge in [0.05, 0.1) is 5.39 Å². The number of hydrogen-bond donors (Lipinski definition) is 4. The number of nitrogens with one attached hydrogen (secondary N) is 1. The van der Waals surface area contributed by atoms with Crippen molar-refractivity contribution >= 4 is 16.9 Å². The summed E-state index contributed by atoms with van der Waals surface area (Å²) in [5.74, 6) is 0.384. The summed E-state index contributed by atoms with van der Waals surface area (Å²) in [4.78, 5) is 8.28. The Morgan fingerprint density at radius 2 is 2.04 bits per heavy atom. The summed E-state index contributed by atoms with van der Waals surface area (Å²) in [6, 6.07) is 1.81. The van der Waals surface area contributed by atoms with Crippen molar-refractivity contribution in [2.75, 3.05) is 18.8 Å². The van der Waals surface area contributed by atoms with Crippen molar-refractivity contribution in [1.29, 1.82) is 0 Å². The van der Waals surface area contributed by atoms with E-state index in [-0.39, 0.29) is 5.41 Å². The van der Waals surface area contributed by atoms with Crippen molar-refractivity contribution in [1.82, 2.24) is 19.9 Å². The second-order valence-corrected chi connectivity index (χ2v) is 8.27. The number of aliphatic hydroxyl groups excluding tert-OH is 2. The highest BCUT2D eigenvalue weighted by Crippen LogP contribution is 2.50. The first-order chi connectivity index (χ1) is 13.6. The lowest BCUT2D eigenvalue weighted by atomic mass is 9.74. The maximum Gasteiger partial charge on any atom is 0.164 e. The van der Waals surface area contributed by atoms with Crippen LogP contribution in [0.4, 0.5) is 5.82 Å². The van der Waals surface area contributed by atoms with Crippen molar-refractivity contribution in [3.63, 3.8) is 0 Å². The number of aromatic nitrogens is 3. The van der Waals surface area contributed by atoms with Crippen LogP contribution in [0.25, 0.3) is 11.0 Å². The van der Waals surface area contributed by atoms with Gasteiger partial charge in [-0.05, 0) is 56.7 Å². The van der Waals surface area contributed by atoms with E-state index in [0.29, 0.717) is 16.9 Å². The third-order valence-corrected chi connectivity index (χ3v) is 6.80. The van der Waals surface area contributed by atoms with Crippen LogP contribution in [0.15, 0.2) is 30.2 Å². The Hall–Kier alpha value is -2.00. The first-order valence-electron chi connectivity index (χ1n) is 10.1. The lowest BCUT2D eigenvalue weighted by molar-refractivity contribution is -0.0244. The van der Waals surface area contributed by atoms with Crippen LogP contribution in [-0.2, 0) is 4.74 Å². The van der Waals surface area contributed by atoms with Gasteiger partial charge in [0.25, 0.3) is 0 Å². The van der Waals surface area contributed by atoms with Gasteiger partial charge in [0.2, 0.25) is 0 Å². The molecule has 5 N–H and O–H groups in total. The zero-order valence-electron chi connectivity index (χ0n) is 15.8. The van der Waals surface area contributed by atoms with E-state index in [1.54, 1.807) is 16.8 Å². The summed E-state index contributed by atoms with van der Waals surface area (Å²) >= 11 is 0. The highest BCUT2D eigenvalue weighted by molar-refractivity contribution is 5.86. The van der Waals surface area contributed by atoms with Crippen molar-refractivity contribution < 1.29 is 14.9 Å². The lowest BCUT2D eigenvalue weighted by Crippen LogP contribution is -2.36. The number of nitrogens with zero attached hydrogens (tertiary/aromatic N) is 3. The molecule has 0 amide bonds. The van der Waals surface area contributed by atoms with E-state index >= 15 is 0 Å². The molecule has 28 heavy (non-hydrogen) atoms. The van der Waals surface area contributed by atoms with E-state index in [1.165, 1.54) is 24.7 Å². The number of hydrogen-bond acceptors (Lipinski definition) is 7. The summed E-state index contributed by atoms with van der Waals surface area (Å²) in [5.41, 5.74) is 8.12. The predicted molar refractivity (Wildman–Crippen MR) is 104 cm³/mol. The summed E-state index contributed by atoms with van der Waals surface area (Å²) < 4.78 is 7.87. The fourth-order valence-corrected chi connectivity index (χ4v) is 5.23. The molecule has 3 fully saturated rings. The number of ether oxygens (including phenoxy) is 1. The van der Waals surface area contributed by atoms with Crippen molar-refractivity contribution in [2.24, 2.45) is 5.41 Å². The number of nitrogens with two attached hydrogens (primary N) is 1. The van der Waals surface area contributed by atoms with Gasteiger partial charge in [-0.15, -0.1) is 0 Å². The van der Waals surface area contributed by atoms with E-state index in [4.69, 9.17) is 10.5 Å². The van der Waals surface area contributed by atoms with E-state index in [0.717, 1.165) is 32.4 Å². The zero-order valence-corrected chi connectivity index (χ0v) is 15.8. The third-order valence-electron chi connectivity index (χ3n) is 6.80. The molecule has 1 spiro atoms. The fraction of sp³-hybridized carbons (Fsp3) is 0.600. The normalized spacial score (nSPS) is 34.0. The highest BCUT2D eigenvalue weighted by Gasteiger charge is 2.45. The van der Waals surface area contributed by atoms with Gasteiger partial charge in [-0.25, -0.2) is 9.97 Å². The third kappa shape index (κ3) is 2.75. The van der Waals surface area contributed by atoms with Crippen LogP contribution in [0.2, 0.25) is 0 Å². The number of piperidine rings is 1. The van der Waals surface area contributed by atoms with Crippen LogP contribution in [0, 0.1) is 5.41 Å². The molecule has 1 saturated carbocycles. The van der Waals surface area contributed by atoms with Crippen molar-refractivity contribution in [2.45, 2.75) is 56.6 Å². The molecule has 0 aromatic carbocycles. The van der Waals surface area contributed by atoms with Gasteiger partial charge >= 0.3 is 0 Å². The quantitative estimate of drug-likeness (QED) is 0.572. The first kappa shape index (κ1) is 18.1. The number of fused-ring (bicyclic) bond motifs is 1. The summed E-state index contributed by atoms with van der Waals surface area (Å²) in [5, 5.41) is 25.5. The molecule has 2 aromatic rings. The maximum atomic E-state index is 10.7. The molecule has 4 atom stereocenters. The van der Waals surface area contributed by atoms with E-state index in [1.807, 2.05) is 0 Å². The molecule has 8 nitrogen and oxygen atoms in total. The van der Waals surface area contributed by atoms with Gasteiger partial charge < -0.3 is 30.6 Å². The molecule has 2 aromatic heterocycles. The minimum Gasteiger partial charge on any atom is -0.387 e. The SMILES string of the molecule is Nc1ncnc2c1ccn2[C@@H]1O[C@H](/C=C2\CCCC23CCNCC3)[C@@H](O)[C@H]1O. The van der Waals surface area contributed by atoms with Crippen LogP contribution >= 0.6 is 0 Å². The van der Waals surface area contributed by atoms with E-state index in [2.05, 4.69) is 21.4 Å². The maximum absolute atomic E-state index is 10.7. The second kappa shape index (κ2) is 6.81. The monoisotopic (exact) mass is 385 g/mol. The molecule has 0 unspecified atom stereocenters. The topological polar surface area (TPSA) is 118 Å². The smallest absolute Gasteiger partial charge is 0.164 e. The van der Waals surface area contributed by atoms with Crippen LogP contribution in [-0.4, -0.2) is 56.1 Å². The van der Waals surface area contributed by atoms with Gasteiger partial charge in [-0.3, -0.25) is 0 Å². The lowest BCUT2D eigenvalue weighted by Gasteiger charge is -2.36. The molecular weight excluding hydrogens is 358 g/mol. The summed E-state index contributed by atoms with van der Waals surface area (Å²) in [6.45, 7) is 2.07. The first-order valence-corrected chi connectivity index (χ1v) is 10.1. The van der Waals surface area contributed by atoms with Gasteiger partial charge in [0.1, 0.15) is 36.1 Å². The summed E-state index contributed by atoms with van der Waals surface area (Å²) in [7, 11) is 0. The van der Waals surface area contributed by atoms with Crippen LogP contribution in [0.3, 0.4) is 0 Å². The Kier molecular flexibility index (Phi) is 4.39. The standard InChI is InChI=1S/C20H27N5O3/c21-17-13-3-9-25(18(13)24-11-23-17)19-16(27)15(26)14(28-19)10-12-2-1-4-20(12)5-7-22-8-6-20/h3,9-11,14-16,19,22,26-27H,1-2,4-8H2,(H2,21,23,24)/b12-10+/t14-,15-,16-,19-/m1/s1. The van der Waals surface area contributed by atoms with Gasteiger partial charge in [-0.2, -0.15) is 0 Å². The number of allylic oxidation sites excluding steroid dienone is 1. The van der Waals surface area contributed by atoms with Gasteiger partial charge in [0, 0.05) is 6.20 Å². The number of aliphatic hydroxyl groups is 2. The molecule has 4 heterocycles. The number of nitrogen functional groups attached to an aromatic ring is 1. The molecule has 0 bridgehead atoms. The molecule has 2 aliphatic heterocycles. The molecule has 150 valence electrons. The predicted octanol–water partition coefficient (Wildman–Crippen LogP) is 1.11. The van der Waals surface area contributed by atoms with E-state index < -0.39 is 24.5 Å². The molecule has 2 saturated heterocycles. The number of rotatable bonds is 2. The fourth-order valence-electron chi connectivity index (χ4n) is 5.23. The Bertz CT molecular complexity index is 904. The van der Waals surface area contributed by atoms with Crippen LogP contribution in [0.5, 0.6) is 0 Å². The summed E-state index contributed by atoms with van der Waals surface area (Å²) in [6.07, 6.45) is 7.67. The average molecular weight is 385 g/mol. The minimum atomic E-state index is -1.04. The zero-order chi connectivity index (χ0) is 19.3. The van der Waals surface area contributed by atoms with E-state index in [9.17, 15) is 10.2 Å². The Morgan fingerprint density at radius 3 is 2.86 bits per heavy atom. The number of anilines is 1. The molecule has 5 rings (SSSR count). The average Bonchev–Trinajstić information content (AvgIpc) is 3.37. The molecule has 0 radical (unpaired) electrons. The van der Waals surface area contributed by atoms with Crippen molar-refractivity contribution in [3.8, 4) is 0 Å². The van der Waals surface area contributed by atoms with Crippen molar-refractivity contribution in [3.05, 3.63) is 30.2 Å². The van der Waals surface area contributed by atoms with Gasteiger partial charge in [0.15, 0.2) is 6.23 Å². The molecular formula is C20H27N5O3. The largest absolute Gasteiger partial charge is 0.387 e. The molecule has 8 heteroatoms. The Balaban J connectivity index is 1.44. The molecule has 1 aliphatic carbocycles. The van der Waals surface area contributed by atoms with Crippen LogP contribution < -0.4 is 11.1 Å². The minimum absolute atomic E-state index is 0.235. The van der Waals surface area contributed by atoms with Gasteiger partial charge in [-0.1, -0.05) is 11.6 Å². The van der Waals surface area contributed by atoms with Crippen LogP contribution in [0.1, 0.15) is 38.3 Å². The molecule has 3 aliphatic rings. The Labute approximate surface area is 163 Å². The highest BCUT2D eigenvalue weighted by atomic mass is 16.6.